The van der Waals surface area contributed by atoms with Crippen molar-refractivity contribution in [1.82, 2.24) is 4.90 Å². The van der Waals surface area contributed by atoms with E-state index in [9.17, 15) is 14.0 Å². The number of hydrogen-bond donors (Lipinski definition) is 0. The predicted molar refractivity (Wildman–Crippen MR) is 61.1 cm³/mol. The minimum absolute atomic E-state index is 0.280. The summed E-state index contributed by atoms with van der Waals surface area (Å²) in [4.78, 5) is 26.3. The molecular weight excluding hydrogens is 223 g/mol. The molecule has 90 valence electrons. The largest absolute Gasteiger partial charge is 0.331 e. The van der Waals surface area contributed by atoms with Crippen LogP contribution in [-0.2, 0) is 4.79 Å². The molecular formula is C12H13FN2O2. The summed E-state index contributed by atoms with van der Waals surface area (Å²) in [5.41, 5.74) is 0.280. The summed E-state index contributed by atoms with van der Waals surface area (Å²) in [7, 11) is 1.58. The fourth-order valence-electron chi connectivity index (χ4n) is 2.00. The Hall–Kier alpha value is -1.91. The zero-order valence-corrected chi connectivity index (χ0v) is 9.68. The minimum atomic E-state index is -0.467. The molecule has 3 amide bonds. The Balaban J connectivity index is 2.40. The molecule has 0 saturated carbocycles. The molecule has 0 spiro atoms. The molecule has 17 heavy (non-hydrogen) atoms. The van der Waals surface area contributed by atoms with Crippen LogP contribution in [-0.4, -0.2) is 29.9 Å². The van der Waals surface area contributed by atoms with Gasteiger partial charge in [0.2, 0.25) is 0 Å². The smallest absolute Gasteiger partial charge is 0.315 e. The van der Waals surface area contributed by atoms with E-state index in [2.05, 4.69) is 0 Å². The van der Waals surface area contributed by atoms with Crippen LogP contribution in [0, 0.1) is 5.82 Å². The number of imide groups is 1. The maximum atomic E-state index is 13.1. The number of benzene rings is 1. The first-order chi connectivity index (χ1) is 8.06. The highest BCUT2D eigenvalue weighted by Gasteiger charge is 2.42. The number of likely N-dealkylation sites (N-methyl/N-ethyl adjacent to an activating group) is 1. The Labute approximate surface area is 98.6 Å². The lowest BCUT2D eigenvalue weighted by Gasteiger charge is -2.14. The van der Waals surface area contributed by atoms with Crippen LogP contribution in [0.3, 0.4) is 0 Å². The molecule has 1 unspecified atom stereocenters. The molecule has 0 aliphatic carbocycles. The highest BCUT2D eigenvalue weighted by atomic mass is 19.1. The van der Waals surface area contributed by atoms with E-state index in [0.29, 0.717) is 6.42 Å². The monoisotopic (exact) mass is 236 g/mol. The molecule has 1 aliphatic rings. The predicted octanol–water partition coefficient (Wildman–Crippen LogP) is 2.00. The van der Waals surface area contributed by atoms with Crippen LogP contribution in [0.25, 0.3) is 0 Å². The number of anilines is 1. The van der Waals surface area contributed by atoms with Gasteiger partial charge in [-0.1, -0.05) is 13.0 Å². The number of halogens is 1. The average Bonchev–Trinajstić information content (AvgIpc) is 2.50. The molecule has 4 nitrogen and oxygen atoms in total. The molecule has 0 radical (unpaired) electrons. The molecule has 1 saturated heterocycles. The van der Waals surface area contributed by atoms with Gasteiger partial charge < -0.3 is 4.90 Å². The van der Waals surface area contributed by atoms with E-state index in [1.54, 1.807) is 13.1 Å². The van der Waals surface area contributed by atoms with Gasteiger partial charge in [-0.15, -0.1) is 0 Å². The van der Waals surface area contributed by atoms with Gasteiger partial charge in [-0.05, 0) is 24.6 Å². The Kier molecular flexibility index (Phi) is 2.83. The molecule has 5 heteroatoms. The first-order valence-corrected chi connectivity index (χ1v) is 5.42. The van der Waals surface area contributed by atoms with Crippen molar-refractivity contribution in [3.63, 3.8) is 0 Å². The quantitative estimate of drug-likeness (QED) is 0.737. The second-order valence-corrected chi connectivity index (χ2v) is 3.97. The van der Waals surface area contributed by atoms with Gasteiger partial charge in [0, 0.05) is 7.05 Å². The number of nitrogens with zero attached hydrogens (tertiary/aromatic N) is 2. The van der Waals surface area contributed by atoms with Crippen LogP contribution in [0.4, 0.5) is 14.9 Å². The van der Waals surface area contributed by atoms with Crippen molar-refractivity contribution in [3.8, 4) is 0 Å². The molecule has 1 fully saturated rings. The second-order valence-electron chi connectivity index (χ2n) is 3.97. The van der Waals surface area contributed by atoms with Gasteiger partial charge in [-0.25, -0.2) is 14.1 Å². The summed E-state index contributed by atoms with van der Waals surface area (Å²) in [5, 5.41) is 0. The lowest BCUT2D eigenvalue weighted by Crippen LogP contribution is -2.31. The molecule has 1 aromatic rings. The maximum Gasteiger partial charge on any atom is 0.331 e. The molecule has 1 aliphatic heterocycles. The summed E-state index contributed by atoms with van der Waals surface area (Å²) < 4.78 is 13.1. The second kappa shape index (κ2) is 4.16. The van der Waals surface area contributed by atoms with Crippen molar-refractivity contribution in [2.45, 2.75) is 19.4 Å². The molecule has 0 aromatic heterocycles. The van der Waals surface area contributed by atoms with E-state index in [1.807, 2.05) is 6.92 Å². The number of rotatable bonds is 2. The molecule has 1 atom stereocenters. The third kappa shape index (κ3) is 1.77. The molecule has 0 bridgehead atoms. The van der Waals surface area contributed by atoms with E-state index in [1.165, 1.54) is 23.1 Å². The lowest BCUT2D eigenvalue weighted by atomic mass is 10.2. The number of urea groups is 1. The highest BCUT2D eigenvalue weighted by Crippen LogP contribution is 2.25. The van der Waals surface area contributed by atoms with Crippen molar-refractivity contribution in [3.05, 3.63) is 30.1 Å². The summed E-state index contributed by atoms with van der Waals surface area (Å²) in [5.74, 6) is -0.767. The van der Waals surface area contributed by atoms with Crippen LogP contribution in [0.2, 0.25) is 0 Å². The third-order valence-electron chi connectivity index (χ3n) is 2.92. The van der Waals surface area contributed by atoms with Crippen LogP contribution in [0.1, 0.15) is 13.3 Å². The number of carbonyl (C=O) groups excluding carboxylic acids is 2. The summed E-state index contributed by atoms with van der Waals surface area (Å²) >= 11 is 0. The number of hydrogen-bond acceptors (Lipinski definition) is 2. The normalized spacial score (nSPS) is 20.3. The van der Waals surface area contributed by atoms with Gasteiger partial charge in [0.25, 0.3) is 5.91 Å². The van der Waals surface area contributed by atoms with Crippen molar-refractivity contribution in [2.75, 3.05) is 11.9 Å². The van der Waals surface area contributed by atoms with Gasteiger partial charge in [-0.3, -0.25) is 4.79 Å². The van der Waals surface area contributed by atoms with Crippen LogP contribution >= 0.6 is 0 Å². The van der Waals surface area contributed by atoms with Gasteiger partial charge in [0.15, 0.2) is 0 Å². The van der Waals surface area contributed by atoms with Gasteiger partial charge in [-0.2, -0.15) is 0 Å². The Bertz CT molecular complexity index is 475. The fourth-order valence-corrected chi connectivity index (χ4v) is 2.00. The van der Waals surface area contributed by atoms with E-state index < -0.39 is 17.9 Å². The van der Waals surface area contributed by atoms with Crippen LogP contribution < -0.4 is 4.90 Å². The van der Waals surface area contributed by atoms with Crippen molar-refractivity contribution in [1.29, 1.82) is 0 Å². The Morgan fingerprint density at radius 1 is 1.35 bits per heavy atom. The highest BCUT2D eigenvalue weighted by molar-refractivity contribution is 6.21. The average molecular weight is 236 g/mol. The van der Waals surface area contributed by atoms with Crippen molar-refractivity contribution < 1.29 is 14.0 Å². The van der Waals surface area contributed by atoms with E-state index in [-0.39, 0.29) is 11.6 Å². The molecule has 2 rings (SSSR count). The van der Waals surface area contributed by atoms with E-state index in [0.717, 1.165) is 4.90 Å². The lowest BCUT2D eigenvalue weighted by molar-refractivity contribution is -0.119. The Morgan fingerprint density at radius 2 is 2.06 bits per heavy atom. The van der Waals surface area contributed by atoms with E-state index >= 15 is 0 Å². The topological polar surface area (TPSA) is 40.6 Å². The first kappa shape index (κ1) is 11.6. The minimum Gasteiger partial charge on any atom is -0.315 e. The zero-order chi connectivity index (χ0) is 12.6. The van der Waals surface area contributed by atoms with Gasteiger partial charge in [0.1, 0.15) is 11.9 Å². The van der Waals surface area contributed by atoms with Crippen molar-refractivity contribution >= 4 is 17.6 Å². The Morgan fingerprint density at radius 3 is 2.59 bits per heavy atom. The summed E-state index contributed by atoms with van der Waals surface area (Å²) in [6, 6.07) is 4.62. The maximum absolute atomic E-state index is 13.1. The SMILES string of the molecule is CCC1C(=O)N(c2cccc(F)c2)C(=O)N1C. The number of carbonyl (C=O) groups is 2. The zero-order valence-electron chi connectivity index (χ0n) is 9.68. The van der Waals surface area contributed by atoms with Gasteiger partial charge >= 0.3 is 6.03 Å². The number of amides is 3. The van der Waals surface area contributed by atoms with Gasteiger partial charge in [0.05, 0.1) is 5.69 Å². The fraction of sp³-hybridized carbons (Fsp3) is 0.333. The standard InChI is InChI=1S/C12H13FN2O2/c1-3-10-11(16)15(12(17)14(10)2)9-6-4-5-8(13)7-9/h4-7,10H,3H2,1-2H3. The molecule has 1 heterocycles. The van der Waals surface area contributed by atoms with E-state index in [4.69, 9.17) is 0 Å². The van der Waals surface area contributed by atoms with Crippen LogP contribution in [0.5, 0.6) is 0 Å². The van der Waals surface area contributed by atoms with Crippen molar-refractivity contribution in [2.24, 2.45) is 0 Å². The summed E-state index contributed by atoms with van der Waals surface area (Å²) in [6.45, 7) is 1.83. The molecule has 0 N–H and O–H groups in total. The third-order valence-corrected chi connectivity index (χ3v) is 2.92. The summed E-state index contributed by atoms with van der Waals surface area (Å²) in [6.07, 6.45) is 0.549. The first-order valence-electron chi connectivity index (χ1n) is 5.42. The molecule has 1 aromatic carbocycles. The van der Waals surface area contributed by atoms with Crippen LogP contribution in [0.15, 0.2) is 24.3 Å².